The molecule has 0 radical (unpaired) electrons. The highest BCUT2D eigenvalue weighted by Crippen LogP contribution is 2.30. The lowest BCUT2D eigenvalue weighted by Crippen LogP contribution is -2.38. The van der Waals surface area contributed by atoms with Crippen molar-refractivity contribution >= 4 is 5.91 Å². The molecular weight excluding hydrogens is 295 g/mol. The highest BCUT2D eigenvalue weighted by molar-refractivity contribution is 5.95. The second kappa shape index (κ2) is 6.64. The van der Waals surface area contributed by atoms with Crippen LogP contribution in [0.3, 0.4) is 0 Å². The van der Waals surface area contributed by atoms with E-state index in [0.29, 0.717) is 5.69 Å². The van der Waals surface area contributed by atoms with E-state index < -0.39 is 17.6 Å². The van der Waals surface area contributed by atoms with Gasteiger partial charge in [0.05, 0.1) is 16.8 Å². The highest BCUT2D eigenvalue weighted by atomic mass is 19.4. The predicted molar refractivity (Wildman–Crippen MR) is 76.6 cm³/mol. The first-order valence-corrected chi connectivity index (χ1v) is 7.32. The first-order valence-electron chi connectivity index (χ1n) is 7.32. The fraction of sp³-hybridized carbons (Fsp3) is 0.600. The molecule has 1 aliphatic heterocycles. The zero-order valence-corrected chi connectivity index (χ0v) is 12.7. The summed E-state index contributed by atoms with van der Waals surface area (Å²) in [5, 5.41) is 3.25. The van der Waals surface area contributed by atoms with Gasteiger partial charge in [0.1, 0.15) is 0 Å². The number of amides is 1. The summed E-state index contributed by atoms with van der Waals surface area (Å²) in [6.07, 6.45) is -1.14. The van der Waals surface area contributed by atoms with Crippen LogP contribution in [-0.4, -0.2) is 42.0 Å². The first-order chi connectivity index (χ1) is 10.3. The number of nitrogens with zero attached hydrogens (tertiary/aromatic N) is 2. The molecule has 1 unspecified atom stereocenters. The van der Waals surface area contributed by atoms with Gasteiger partial charge >= 0.3 is 6.18 Å². The fourth-order valence-electron chi connectivity index (χ4n) is 2.65. The fourth-order valence-corrected chi connectivity index (χ4v) is 2.65. The van der Waals surface area contributed by atoms with E-state index in [2.05, 4.69) is 10.3 Å². The molecule has 0 aromatic carbocycles. The van der Waals surface area contributed by atoms with Crippen molar-refractivity contribution in [1.82, 2.24) is 15.2 Å². The highest BCUT2D eigenvalue weighted by Gasteiger charge is 2.33. The van der Waals surface area contributed by atoms with Crippen LogP contribution in [0.5, 0.6) is 0 Å². The molecule has 122 valence electrons. The molecule has 1 aromatic rings. The van der Waals surface area contributed by atoms with Crippen LogP contribution in [0.15, 0.2) is 12.3 Å². The number of carbonyl (C=O) groups excluding carboxylic acids is 1. The van der Waals surface area contributed by atoms with E-state index in [0.717, 1.165) is 44.6 Å². The maximum atomic E-state index is 12.8. The molecule has 2 rings (SSSR count). The van der Waals surface area contributed by atoms with Gasteiger partial charge in [-0.2, -0.15) is 13.2 Å². The summed E-state index contributed by atoms with van der Waals surface area (Å²) in [4.78, 5) is 17.8. The van der Waals surface area contributed by atoms with Crippen molar-refractivity contribution in [1.29, 1.82) is 0 Å². The Morgan fingerprint density at radius 3 is 2.77 bits per heavy atom. The van der Waals surface area contributed by atoms with Gasteiger partial charge in [-0.05, 0) is 45.3 Å². The molecule has 0 bridgehead atoms. The van der Waals surface area contributed by atoms with Gasteiger partial charge in [0.15, 0.2) is 0 Å². The number of hydrogen-bond acceptors (Lipinski definition) is 3. The van der Waals surface area contributed by atoms with E-state index in [9.17, 15) is 18.0 Å². The summed E-state index contributed by atoms with van der Waals surface area (Å²) in [7, 11) is 1.65. The molecule has 0 aliphatic carbocycles. The van der Waals surface area contributed by atoms with Gasteiger partial charge in [-0.25, -0.2) is 0 Å². The number of alkyl halides is 3. The van der Waals surface area contributed by atoms with Crippen molar-refractivity contribution in [2.75, 3.05) is 20.1 Å². The number of aromatic nitrogens is 1. The average Bonchev–Trinajstić information content (AvgIpc) is 2.74. The lowest BCUT2D eigenvalue weighted by atomic mass is 10.0. The molecule has 1 atom stereocenters. The molecule has 0 saturated carbocycles. The Morgan fingerprint density at radius 2 is 2.09 bits per heavy atom. The minimum Gasteiger partial charge on any atom is -0.339 e. The molecule has 7 heteroatoms. The Hall–Kier alpha value is -1.63. The van der Waals surface area contributed by atoms with Gasteiger partial charge < -0.3 is 10.2 Å². The third-order valence-electron chi connectivity index (χ3n) is 4.06. The Labute approximate surface area is 127 Å². The molecule has 1 saturated heterocycles. The van der Waals surface area contributed by atoms with Gasteiger partial charge in [0.25, 0.3) is 5.91 Å². The number of hydrogen-bond donors (Lipinski definition) is 1. The van der Waals surface area contributed by atoms with Crippen molar-refractivity contribution in [2.45, 2.75) is 38.4 Å². The molecule has 1 aliphatic rings. The van der Waals surface area contributed by atoms with Crippen molar-refractivity contribution in [3.05, 3.63) is 29.1 Å². The Balaban J connectivity index is 2.24. The zero-order valence-electron chi connectivity index (χ0n) is 12.7. The van der Waals surface area contributed by atoms with Gasteiger partial charge in [-0.3, -0.25) is 9.78 Å². The monoisotopic (exact) mass is 315 g/mol. The smallest absolute Gasteiger partial charge is 0.339 e. The van der Waals surface area contributed by atoms with Crippen LogP contribution in [0.2, 0.25) is 0 Å². The van der Waals surface area contributed by atoms with Crippen LogP contribution < -0.4 is 5.32 Å². The van der Waals surface area contributed by atoms with Crippen LogP contribution in [0.4, 0.5) is 13.2 Å². The third-order valence-corrected chi connectivity index (χ3v) is 4.06. The molecule has 1 amide bonds. The van der Waals surface area contributed by atoms with E-state index >= 15 is 0 Å². The van der Waals surface area contributed by atoms with Crippen LogP contribution in [0, 0.1) is 6.92 Å². The van der Waals surface area contributed by atoms with E-state index in [-0.39, 0.29) is 11.6 Å². The Bertz CT molecular complexity index is 537. The number of halogens is 3. The predicted octanol–water partition coefficient (Wildman–Crippen LogP) is 2.62. The van der Waals surface area contributed by atoms with Crippen molar-refractivity contribution in [3.63, 3.8) is 0 Å². The Kier molecular flexibility index (Phi) is 5.05. The summed E-state index contributed by atoms with van der Waals surface area (Å²) < 4.78 is 38.4. The molecule has 4 nitrogen and oxygen atoms in total. The van der Waals surface area contributed by atoms with Crippen LogP contribution in [0.1, 0.15) is 40.9 Å². The summed E-state index contributed by atoms with van der Waals surface area (Å²) in [5.74, 6) is -0.400. The van der Waals surface area contributed by atoms with Crippen LogP contribution in [-0.2, 0) is 6.18 Å². The lowest BCUT2D eigenvalue weighted by Gasteiger charge is -2.27. The second-order valence-corrected chi connectivity index (χ2v) is 5.61. The molecule has 1 fully saturated rings. The van der Waals surface area contributed by atoms with Crippen molar-refractivity contribution in [2.24, 2.45) is 0 Å². The maximum Gasteiger partial charge on any atom is 0.417 e. The molecular formula is C15H20F3N3O. The zero-order chi connectivity index (χ0) is 16.3. The number of carbonyl (C=O) groups is 1. The second-order valence-electron chi connectivity index (χ2n) is 5.61. The largest absolute Gasteiger partial charge is 0.417 e. The topological polar surface area (TPSA) is 45.2 Å². The van der Waals surface area contributed by atoms with Crippen LogP contribution in [0.25, 0.3) is 0 Å². The summed E-state index contributed by atoms with van der Waals surface area (Å²) in [6.45, 7) is 3.26. The van der Waals surface area contributed by atoms with Crippen LogP contribution >= 0.6 is 0 Å². The minimum absolute atomic E-state index is 0.0227. The summed E-state index contributed by atoms with van der Waals surface area (Å²) in [5.41, 5.74) is -0.552. The summed E-state index contributed by atoms with van der Waals surface area (Å²) in [6, 6.07) is 0.937. The average molecular weight is 315 g/mol. The molecule has 0 spiro atoms. The van der Waals surface area contributed by atoms with Gasteiger partial charge in [0.2, 0.25) is 0 Å². The van der Waals surface area contributed by atoms with E-state index in [4.69, 9.17) is 0 Å². The normalized spacial score (nSPS) is 19.6. The van der Waals surface area contributed by atoms with E-state index in [1.807, 2.05) is 0 Å². The van der Waals surface area contributed by atoms with Gasteiger partial charge in [-0.1, -0.05) is 0 Å². The quantitative estimate of drug-likeness (QED) is 0.912. The van der Waals surface area contributed by atoms with Gasteiger partial charge in [0, 0.05) is 19.3 Å². The number of nitrogens with one attached hydrogen (secondary N) is 1. The molecule has 2 heterocycles. The minimum atomic E-state index is -4.50. The number of pyridine rings is 1. The van der Waals surface area contributed by atoms with Crippen molar-refractivity contribution < 1.29 is 18.0 Å². The molecule has 1 aromatic heterocycles. The SMILES string of the molecule is Cc1ncc(C(F)(F)F)cc1C(=O)N(C)C1CCCNCC1. The lowest BCUT2D eigenvalue weighted by molar-refractivity contribution is -0.137. The van der Waals surface area contributed by atoms with Gasteiger partial charge in [-0.15, -0.1) is 0 Å². The number of aryl methyl sites for hydroxylation is 1. The number of rotatable bonds is 2. The first kappa shape index (κ1) is 16.7. The standard InChI is InChI=1S/C15H20F3N3O/c1-10-13(8-11(9-20-10)15(16,17)18)14(22)21(2)12-4-3-6-19-7-5-12/h8-9,12,19H,3-7H2,1-2H3. The Morgan fingerprint density at radius 1 is 1.36 bits per heavy atom. The van der Waals surface area contributed by atoms with E-state index in [1.165, 1.54) is 0 Å². The maximum absolute atomic E-state index is 12.8. The molecule has 22 heavy (non-hydrogen) atoms. The van der Waals surface area contributed by atoms with Crippen molar-refractivity contribution in [3.8, 4) is 0 Å². The third kappa shape index (κ3) is 3.76. The summed E-state index contributed by atoms with van der Waals surface area (Å²) >= 11 is 0. The molecule has 1 N–H and O–H groups in total. The van der Waals surface area contributed by atoms with E-state index in [1.54, 1.807) is 18.9 Å².